The van der Waals surface area contributed by atoms with E-state index < -0.39 is 11.9 Å². The van der Waals surface area contributed by atoms with Gasteiger partial charge in [0.25, 0.3) is 0 Å². The number of carbonyl (C=O) groups excluding carboxylic acids is 1. The number of hydrogen-bond donors (Lipinski definition) is 1. The van der Waals surface area contributed by atoms with Gasteiger partial charge in [-0.1, -0.05) is 28.1 Å². The molecule has 1 aliphatic rings. The molecule has 1 atom stereocenters. The molecule has 0 radical (unpaired) electrons. The summed E-state index contributed by atoms with van der Waals surface area (Å²) < 4.78 is 1.01. The molecule has 5 heteroatoms. The van der Waals surface area contributed by atoms with Gasteiger partial charge in [-0.25, -0.2) is 0 Å². The number of amides is 1. The summed E-state index contributed by atoms with van der Waals surface area (Å²) >= 11 is 3.41. The number of halogens is 1. The number of hydrogen-bond acceptors (Lipinski definition) is 2. The Morgan fingerprint density at radius 3 is 2.95 bits per heavy atom. The molecule has 0 aliphatic carbocycles. The van der Waals surface area contributed by atoms with Gasteiger partial charge in [-0.3, -0.25) is 9.59 Å². The third kappa shape index (κ3) is 3.80. The van der Waals surface area contributed by atoms with E-state index in [0.717, 1.165) is 16.5 Å². The first-order chi connectivity index (χ1) is 9.06. The van der Waals surface area contributed by atoms with Crippen molar-refractivity contribution in [3.05, 3.63) is 34.3 Å². The summed E-state index contributed by atoms with van der Waals surface area (Å²) in [5, 5.41) is 9.02. The molecule has 1 heterocycles. The lowest BCUT2D eigenvalue weighted by Gasteiger charge is -2.30. The maximum absolute atomic E-state index is 11.8. The number of nitrogens with zero attached hydrogens (tertiary/aromatic N) is 1. The van der Waals surface area contributed by atoms with Crippen LogP contribution in [-0.4, -0.2) is 35.0 Å². The highest BCUT2D eigenvalue weighted by molar-refractivity contribution is 9.10. The van der Waals surface area contributed by atoms with Crippen molar-refractivity contribution in [2.75, 3.05) is 13.1 Å². The second-order valence-corrected chi connectivity index (χ2v) is 5.71. The molecule has 2 rings (SSSR count). The average Bonchev–Trinajstić information content (AvgIpc) is 2.37. The Morgan fingerprint density at radius 2 is 2.26 bits per heavy atom. The van der Waals surface area contributed by atoms with Gasteiger partial charge in [-0.15, -0.1) is 0 Å². The lowest BCUT2D eigenvalue weighted by atomic mass is 9.97. The van der Waals surface area contributed by atoms with Crippen LogP contribution in [0.4, 0.5) is 0 Å². The van der Waals surface area contributed by atoms with Crippen LogP contribution < -0.4 is 0 Å². The maximum Gasteiger partial charge on any atom is 0.308 e. The first-order valence-corrected chi connectivity index (χ1v) is 7.10. The Bertz CT molecular complexity index is 489. The minimum Gasteiger partial charge on any atom is -0.481 e. The first kappa shape index (κ1) is 14.1. The van der Waals surface area contributed by atoms with Crippen LogP contribution in [0.25, 0.3) is 0 Å². The molecule has 1 aliphatic heterocycles. The zero-order valence-corrected chi connectivity index (χ0v) is 12.1. The maximum atomic E-state index is 11.8. The van der Waals surface area contributed by atoms with Crippen LogP contribution in [0.15, 0.2) is 28.7 Å². The van der Waals surface area contributed by atoms with E-state index in [1.807, 2.05) is 24.3 Å². The molecule has 4 nitrogen and oxygen atoms in total. The van der Waals surface area contributed by atoms with E-state index in [1.54, 1.807) is 4.90 Å². The lowest BCUT2D eigenvalue weighted by Crippen LogP contribution is -2.43. The van der Waals surface area contributed by atoms with Crippen LogP contribution in [0.1, 0.15) is 18.4 Å². The molecule has 0 bridgehead atoms. The number of rotatable bonds is 4. The quantitative estimate of drug-likeness (QED) is 0.924. The molecular formula is C14H16BrNO3. The van der Waals surface area contributed by atoms with Gasteiger partial charge in [-0.2, -0.15) is 0 Å². The van der Waals surface area contributed by atoms with E-state index in [1.165, 1.54) is 0 Å². The predicted octanol–water partition coefficient (Wildman–Crippen LogP) is 2.31. The molecule has 0 saturated carbocycles. The highest BCUT2D eigenvalue weighted by Crippen LogP contribution is 2.19. The predicted molar refractivity (Wildman–Crippen MR) is 74.8 cm³/mol. The van der Waals surface area contributed by atoms with Crippen molar-refractivity contribution < 1.29 is 14.7 Å². The minimum atomic E-state index is -0.806. The molecule has 1 saturated heterocycles. The van der Waals surface area contributed by atoms with Crippen LogP contribution in [0.5, 0.6) is 0 Å². The van der Waals surface area contributed by atoms with Crippen LogP contribution in [-0.2, 0) is 16.0 Å². The fourth-order valence-corrected chi connectivity index (χ4v) is 2.74. The summed E-state index contributed by atoms with van der Waals surface area (Å²) in [6.07, 6.45) is 1.55. The zero-order chi connectivity index (χ0) is 13.8. The summed E-state index contributed by atoms with van der Waals surface area (Å²) in [6, 6.07) is 7.93. The van der Waals surface area contributed by atoms with Gasteiger partial charge >= 0.3 is 5.97 Å². The number of carbonyl (C=O) groups is 2. The molecule has 1 aromatic rings. The number of aliphatic carboxylic acids is 1. The highest BCUT2D eigenvalue weighted by atomic mass is 79.9. The highest BCUT2D eigenvalue weighted by Gasteiger charge is 2.29. The Kier molecular flexibility index (Phi) is 4.58. The molecular weight excluding hydrogens is 310 g/mol. The smallest absolute Gasteiger partial charge is 0.308 e. The molecule has 0 aromatic heterocycles. The molecule has 19 heavy (non-hydrogen) atoms. The zero-order valence-electron chi connectivity index (χ0n) is 10.5. The molecule has 1 fully saturated rings. The Morgan fingerprint density at radius 1 is 1.47 bits per heavy atom. The third-order valence-corrected chi connectivity index (χ3v) is 3.90. The SMILES string of the molecule is O=C(O)C1CCC(=O)N(CCc2cccc(Br)c2)C1. The van der Waals surface area contributed by atoms with E-state index in [2.05, 4.69) is 15.9 Å². The van der Waals surface area contributed by atoms with E-state index in [-0.39, 0.29) is 5.91 Å². The molecule has 1 aromatic carbocycles. The first-order valence-electron chi connectivity index (χ1n) is 6.31. The van der Waals surface area contributed by atoms with E-state index in [0.29, 0.717) is 25.9 Å². The number of likely N-dealkylation sites (tertiary alicyclic amines) is 1. The number of benzene rings is 1. The van der Waals surface area contributed by atoms with Crippen LogP contribution in [0.3, 0.4) is 0 Å². The number of carboxylic acid groups (broad SMARTS) is 1. The molecule has 0 spiro atoms. The van der Waals surface area contributed by atoms with Gasteiger partial charge in [0, 0.05) is 24.0 Å². The van der Waals surface area contributed by atoms with Gasteiger partial charge in [0.05, 0.1) is 5.92 Å². The minimum absolute atomic E-state index is 0.0625. The monoisotopic (exact) mass is 325 g/mol. The normalized spacial score (nSPS) is 19.5. The van der Waals surface area contributed by atoms with Gasteiger partial charge in [0.1, 0.15) is 0 Å². The fourth-order valence-electron chi connectivity index (χ4n) is 2.29. The van der Waals surface area contributed by atoms with Crippen molar-refractivity contribution in [2.45, 2.75) is 19.3 Å². The number of carboxylic acids is 1. The summed E-state index contributed by atoms with van der Waals surface area (Å²) in [7, 11) is 0. The fraction of sp³-hybridized carbons (Fsp3) is 0.429. The third-order valence-electron chi connectivity index (χ3n) is 3.41. The van der Waals surface area contributed by atoms with E-state index in [4.69, 9.17) is 5.11 Å². The Balaban J connectivity index is 1.94. The van der Waals surface area contributed by atoms with Gasteiger partial charge in [0.2, 0.25) is 5.91 Å². The second kappa shape index (κ2) is 6.19. The van der Waals surface area contributed by atoms with Crippen LogP contribution in [0.2, 0.25) is 0 Å². The molecule has 102 valence electrons. The Hall–Kier alpha value is -1.36. The molecule has 1 N–H and O–H groups in total. The van der Waals surface area contributed by atoms with Crippen LogP contribution >= 0.6 is 15.9 Å². The Labute approximate surface area is 120 Å². The number of piperidine rings is 1. The summed E-state index contributed by atoms with van der Waals surface area (Å²) in [4.78, 5) is 24.4. The molecule has 1 unspecified atom stereocenters. The van der Waals surface area contributed by atoms with Crippen molar-refractivity contribution in [3.63, 3.8) is 0 Å². The summed E-state index contributed by atoms with van der Waals surface area (Å²) in [5.41, 5.74) is 1.14. The van der Waals surface area contributed by atoms with E-state index >= 15 is 0 Å². The lowest BCUT2D eigenvalue weighted by molar-refractivity contribution is -0.147. The summed E-state index contributed by atoms with van der Waals surface area (Å²) in [6.45, 7) is 0.918. The van der Waals surface area contributed by atoms with Crippen molar-refractivity contribution in [1.82, 2.24) is 4.90 Å². The van der Waals surface area contributed by atoms with Crippen molar-refractivity contribution >= 4 is 27.8 Å². The largest absolute Gasteiger partial charge is 0.481 e. The topological polar surface area (TPSA) is 57.6 Å². The van der Waals surface area contributed by atoms with Crippen molar-refractivity contribution in [2.24, 2.45) is 5.92 Å². The average molecular weight is 326 g/mol. The van der Waals surface area contributed by atoms with Gasteiger partial charge in [-0.05, 0) is 30.5 Å². The van der Waals surface area contributed by atoms with Crippen molar-refractivity contribution in [1.29, 1.82) is 0 Å². The molecule has 1 amide bonds. The van der Waals surface area contributed by atoms with Gasteiger partial charge in [0.15, 0.2) is 0 Å². The van der Waals surface area contributed by atoms with E-state index in [9.17, 15) is 9.59 Å². The summed E-state index contributed by atoms with van der Waals surface area (Å²) in [5.74, 6) is -1.16. The second-order valence-electron chi connectivity index (χ2n) is 4.79. The van der Waals surface area contributed by atoms with Crippen LogP contribution in [0, 0.1) is 5.92 Å². The van der Waals surface area contributed by atoms with Crippen molar-refractivity contribution in [3.8, 4) is 0 Å². The van der Waals surface area contributed by atoms with Gasteiger partial charge < -0.3 is 10.0 Å². The standard InChI is InChI=1S/C14H16BrNO3/c15-12-3-1-2-10(8-12)6-7-16-9-11(14(18)19)4-5-13(16)17/h1-3,8,11H,4-7,9H2,(H,18,19).